The van der Waals surface area contributed by atoms with Crippen LogP contribution < -0.4 is 5.32 Å². The summed E-state index contributed by atoms with van der Waals surface area (Å²) < 4.78 is 0. The third-order valence-electron chi connectivity index (χ3n) is 1.89. The molecule has 76 valence electrons. The van der Waals surface area contributed by atoms with Gasteiger partial charge in [0.15, 0.2) is 0 Å². The third kappa shape index (κ3) is 7.57. The normalized spacial score (nSPS) is 14.0. The van der Waals surface area contributed by atoms with Crippen molar-refractivity contribution in [2.75, 3.05) is 0 Å². The molecule has 0 heterocycles. The molecule has 13 heavy (non-hydrogen) atoms. The van der Waals surface area contributed by atoms with Crippen LogP contribution >= 0.6 is 0 Å². The molecule has 0 spiro atoms. The lowest BCUT2D eigenvalue weighted by Gasteiger charge is -2.09. The number of carbonyl (C=O) groups excluding carboxylic acids is 1. The summed E-state index contributed by atoms with van der Waals surface area (Å²) in [6, 6.07) is 0.161. The number of nitrogens with one attached hydrogen (secondary N) is 1. The summed E-state index contributed by atoms with van der Waals surface area (Å²) in [6.07, 6.45) is 5.71. The van der Waals surface area contributed by atoms with E-state index in [1.807, 2.05) is 6.92 Å². The van der Waals surface area contributed by atoms with Gasteiger partial charge in [0.1, 0.15) is 0 Å². The summed E-state index contributed by atoms with van der Waals surface area (Å²) in [5.41, 5.74) is 1.36. The zero-order valence-corrected chi connectivity index (χ0v) is 9.18. The van der Waals surface area contributed by atoms with E-state index in [0.29, 0.717) is 0 Å². The molecule has 0 radical (unpaired) electrons. The summed E-state index contributed by atoms with van der Waals surface area (Å²) >= 11 is 0. The highest BCUT2D eigenvalue weighted by molar-refractivity contribution is 5.73. The van der Waals surface area contributed by atoms with E-state index in [1.165, 1.54) is 18.4 Å². The molecule has 2 nitrogen and oxygen atoms in total. The van der Waals surface area contributed by atoms with Crippen molar-refractivity contribution in [2.24, 2.45) is 0 Å². The average Bonchev–Trinajstić information content (AvgIpc) is 1.98. The van der Waals surface area contributed by atoms with Crippen molar-refractivity contribution in [1.29, 1.82) is 0 Å². The predicted molar refractivity (Wildman–Crippen MR) is 56.6 cm³/mol. The highest BCUT2D eigenvalue weighted by Crippen LogP contribution is 2.06. The molecule has 0 fully saturated rings. The van der Waals surface area contributed by atoms with Crippen molar-refractivity contribution < 1.29 is 4.79 Å². The van der Waals surface area contributed by atoms with Crippen LogP contribution in [0.5, 0.6) is 0 Å². The average molecular weight is 183 g/mol. The van der Waals surface area contributed by atoms with E-state index in [4.69, 9.17) is 0 Å². The SMILES string of the molecule is CCCC/C(C)=C/C(C)NC(C)=O. The van der Waals surface area contributed by atoms with Crippen LogP contribution in [0.15, 0.2) is 11.6 Å². The minimum atomic E-state index is 0.0343. The van der Waals surface area contributed by atoms with Gasteiger partial charge in [-0.05, 0) is 26.7 Å². The minimum Gasteiger partial charge on any atom is -0.350 e. The van der Waals surface area contributed by atoms with Crippen molar-refractivity contribution in [3.63, 3.8) is 0 Å². The molecule has 0 aliphatic heterocycles. The second kappa shape index (κ2) is 6.70. The molecule has 0 aliphatic carbocycles. The van der Waals surface area contributed by atoms with Crippen LogP contribution in [0.4, 0.5) is 0 Å². The van der Waals surface area contributed by atoms with Crippen LogP contribution in [0.2, 0.25) is 0 Å². The lowest BCUT2D eigenvalue weighted by Crippen LogP contribution is -2.28. The van der Waals surface area contributed by atoms with Gasteiger partial charge in [-0.1, -0.05) is 25.0 Å². The highest BCUT2D eigenvalue weighted by atomic mass is 16.1. The molecule has 0 aromatic heterocycles. The first-order chi connectivity index (χ1) is 6.06. The van der Waals surface area contributed by atoms with E-state index in [1.54, 1.807) is 6.92 Å². The van der Waals surface area contributed by atoms with E-state index in [0.717, 1.165) is 6.42 Å². The number of hydrogen-bond acceptors (Lipinski definition) is 1. The van der Waals surface area contributed by atoms with Gasteiger partial charge >= 0.3 is 0 Å². The zero-order chi connectivity index (χ0) is 10.3. The molecule has 1 N–H and O–H groups in total. The van der Waals surface area contributed by atoms with Crippen molar-refractivity contribution in [2.45, 2.75) is 53.0 Å². The van der Waals surface area contributed by atoms with Gasteiger partial charge in [-0.2, -0.15) is 0 Å². The van der Waals surface area contributed by atoms with Gasteiger partial charge in [0, 0.05) is 13.0 Å². The summed E-state index contributed by atoms with van der Waals surface area (Å²) in [6.45, 7) is 7.85. The smallest absolute Gasteiger partial charge is 0.217 e. The first kappa shape index (κ1) is 12.2. The molecule has 0 rings (SSSR count). The van der Waals surface area contributed by atoms with Crippen molar-refractivity contribution >= 4 is 5.91 Å². The topological polar surface area (TPSA) is 29.1 Å². The van der Waals surface area contributed by atoms with Crippen LogP contribution in [-0.2, 0) is 4.79 Å². The van der Waals surface area contributed by atoms with Crippen molar-refractivity contribution in [3.05, 3.63) is 11.6 Å². The molecule has 0 saturated heterocycles. The Bertz CT molecular complexity index is 185. The van der Waals surface area contributed by atoms with Crippen LogP contribution in [0.3, 0.4) is 0 Å². The Morgan fingerprint density at radius 3 is 2.54 bits per heavy atom. The van der Waals surface area contributed by atoms with Gasteiger partial charge in [0.2, 0.25) is 5.91 Å². The predicted octanol–water partition coefficient (Wildman–Crippen LogP) is 2.65. The number of allylic oxidation sites excluding steroid dienone is 1. The molecule has 0 aromatic carbocycles. The fourth-order valence-corrected chi connectivity index (χ4v) is 1.33. The lowest BCUT2D eigenvalue weighted by molar-refractivity contribution is -0.119. The summed E-state index contributed by atoms with van der Waals surface area (Å²) in [7, 11) is 0. The molecule has 1 unspecified atom stereocenters. The molecule has 0 saturated carbocycles. The Balaban J connectivity index is 3.83. The molecule has 0 bridgehead atoms. The molecule has 0 aromatic rings. The quantitative estimate of drug-likeness (QED) is 0.652. The number of unbranched alkanes of at least 4 members (excludes halogenated alkanes) is 1. The Hall–Kier alpha value is -0.790. The first-order valence-corrected chi connectivity index (χ1v) is 5.00. The minimum absolute atomic E-state index is 0.0343. The van der Waals surface area contributed by atoms with Gasteiger partial charge in [-0.3, -0.25) is 4.79 Å². The van der Waals surface area contributed by atoms with Gasteiger partial charge in [0.05, 0.1) is 0 Å². The monoisotopic (exact) mass is 183 g/mol. The Kier molecular flexibility index (Phi) is 6.29. The number of hydrogen-bond donors (Lipinski definition) is 1. The fourth-order valence-electron chi connectivity index (χ4n) is 1.33. The zero-order valence-electron chi connectivity index (χ0n) is 9.18. The second-order valence-corrected chi connectivity index (χ2v) is 3.61. The van der Waals surface area contributed by atoms with Crippen molar-refractivity contribution in [3.8, 4) is 0 Å². The Labute approximate surface area is 81.4 Å². The van der Waals surface area contributed by atoms with E-state index in [9.17, 15) is 4.79 Å². The number of amides is 1. The largest absolute Gasteiger partial charge is 0.350 e. The highest BCUT2D eigenvalue weighted by Gasteiger charge is 1.99. The summed E-state index contributed by atoms with van der Waals surface area (Å²) in [5, 5.41) is 2.83. The molecule has 1 atom stereocenters. The second-order valence-electron chi connectivity index (χ2n) is 3.61. The maximum atomic E-state index is 10.7. The maximum absolute atomic E-state index is 10.7. The summed E-state index contributed by atoms with van der Waals surface area (Å²) in [4.78, 5) is 10.7. The standard InChI is InChI=1S/C11H21NO/c1-5-6-7-9(2)8-10(3)12-11(4)13/h8,10H,5-7H2,1-4H3,(H,12,13)/b9-8+. The van der Waals surface area contributed by atoms with E-state index >= 15 is 0 Å². The van der Waals surface area contributed by atoms with Gasteiger partial charge in [-0.15, -0.1) is 0 Å². The molecular weight excluding hydrogens is 162 g/mol. The third-order valence-corrected chi connectivity index (χ3v) is 1.89. The number of rotatable bonds is 5. The molecule has 0 aliphatic rings. The molecule has 2 heteroatoms. The van der Waals surface area contributed by atoms with Crippen molar-refractivity contribution in [1.82, 2.24) is 5.32 Å². The molecular formula is C11H21NO. The molecule has 1 amide bonds. The van der Waals surface area contributed by atoms with Crippen LogP contribution in [0, 0.1) is 0 Å². The maximum Gasteiger partial charge on any atom is 0.217 e. The van der Waals surface area contributed by atoms with Gasteiger partial charge < -0.3 is 5.32 Å². The van der Waals surface area contributed by atoms with Crippen LogP contribution in [-0.4, -0.2) is 11.9 Å². The van der Waals surface area contributed by atoms with Gasteiger partial charge in [0.25, 0.3) is 0 Å². The van der Waals surface area contributed by atoms with E-state index in [-0.39, 0.29) is 11.9 Å². The lowest BCUT2D eigenvalue weighted by atomic mass is 10.1. The Morgan fingerprint density at radius 2 is 2.08 bits per heavy atom. The Morgan fingerprint density at radius 1 is 1.46 bits per heavy atom. The summed E-state index contributed by atoms with van der Waals surface area (Å²) in [5.74, 6) is 0.0343. The number of carbonyl (C=O) groups is 1. The fraction of sp³-hybridized carbons (Fsp3) is 0.727. The van der Waals surface area contributed by atoms with Gasteiger partial charge in [-0.25, -0.2) is 0 Å². The van der Waals surface area contributed by atoms with E-state index in [2.05, 4.69) is 25.2 Å². The van der Waals surface area contributed by atoms with Crippen LogP contribution in [0.25, 0.3) is 0 Å². The van der Waals surface area contributed by atoms with E-state index < -0.39 is 0 Å². The van der Waals surface area contributed by atoms with Crippen LogP contribution in [0.1, 0.15) is 47.0 Å². The first-order valence-electron chi connectivity index (χ1n) is 5.00.